The smallest absolute Gasteiger partial charge is 0.401 e. The Morgan fingerprint density at radius 1 is 1.44 bits per heavy atom. The number of aromatic nitrogens is 1. The molecule has 1 aromatic rings. The molecule has 16 heavy (non-hydrogen) atoms. The summed E-state index contributed by atoms with van der Waals surface area (Å²) in [7, 11) is 0. The molecular weight excluding hydrogens is 225 g/mol. The molecule has 88 valence electrons. The minimum absolute atomic E-state index is 0.124. The van der Waals surface area contributed by atoms with Crippen molar-refractivity contribution >= 4 is 5.97 Å². The van der Waals surface area contributed by atoms with Gasteiger partial charge in [0.15, 0.2) is 0 Å². The highest BCUT2D eigenvalue weighted by atomic mass is 19.4. The molecule has 0 aliphatic carbocycles. The summed E-state index contributed by atoms with van der Waals surface area (Å²) in [5, 5.41) is 10.7. The molecule has 7 heteroatoms. The number of rotatable bonds is 4. The Bertz CT molecular complexity index is 379. The van der Waals surface area contributed by atoms with Crippen LogP contribution in [-0.4, -0.2) is 28.8 Å². The first kappa shape index (κ1) is 12.4. The van der Waals surface area contributed by atoms with E-state index in [0.717, 1.165) is 0 Å². The van der Waals surface area contributed by atoms with Crippen molar-refractivity contribution in [1.29, 1.82) is 0 Å². The third-order valence-electron chi connectivity index (χ3n) is 1.66. The Hall–Kier alpha value is -1.63. The van der Waals surface area contributed by atoms with E-state index in [2.05, 4.69) is 10.3 Å². The minimum Gasteiger partial charge on any atom is -0.477 e. The van der Waals surface area contributed by atoms with Gasteiger partial charge in [0.1, 0.15) is 5.69 Å². The molecule has 2 N–H and O–H groups in total. The summed E-state index contributed by atoms with van der Waals surface area (Å²) < 4.78 is 35.4. The fourth-order valence-electron chi connectivity index (χ4n) is 1.03. The van der Waals surface area contributed by atoms with Crippen LogP contribution in [0.25, 0.3) is 0 Å². The maximum Gasteiger partial charge on any atom is 0.401 e. The van der Waals surface area contributed by atoms with Crippen molar-refractivity contribution in [2.24, 2.45) is 0 Å². The Balaban J connectivity index is 2.55. The predicted octanol–water partition coefficient (Wildman–Crippen LogP) is 1.43. The Morgan fingerprint density at radius 3 is 2.69 bits per heavy atom. The number of hydrogen-bond acceptors (Lipinski definition) is 3. The first-order chi connectivity index (χ1) is 7.38. The second-order valence-corrected chi connectivity index (χ2v) is 3.04. The normalized spacial score (nSPS) is 11.4. The summed E-state index contributed by atoms with van der Waals surface area (Å²) in [5.74, 6) is -1.21. The van der Waals surface area contributed by atoms with Crippen molar-refractivity contribution in [1.82, 2.24) is 10.3 Å². The summed E-state index contributed by atoms with van der Waals surface area (Å²) in [6.07, 6.45) is -4.29. The van der Waals surface area contributed by atoms with Crippen LogP contribution in [0.2, 0.25) is 0 Å². The molecule has 0 unspecified atom stereocenters. The molecular formula is C9H9F3N2O2. The maximum absolute atomic E-state index is 11.8. The van der Waals surface area contributed by atoms with Crippen LogP contribution in [0.3, 0.4) is 0 Å². The van der Waals surface area contributed by atoms with E-state index in [0.29, 0.717) is 0 Å². The third kappa shape index (κ3) is 4.26. The standard InChI is InChI=1S/C9H9F3N2O2/c10-9(11,12)5-13-4-6-2-1-3-7(14-6)8(15)16/h1-3,13H,4-5H2,(H,15,16). The predicted molar refractivity (Wildman–Crippen MR) is 49.0 cm³/mol. The molecule has 0 amide bonds. The summed E-state index contributed by atoms with van der Waals surface area (Å²) in [6.45, 7) is -1.26. The largest absolute Gasteiger partial charge is 0.477 e. The second-order valence-electron chi connectivity index (χ2n) is 3.04. The number of hydrogen-bond donors (Lipinski definition) is 2. The zero-order valence-electron chi connectivity index (χ0n) is 8.08. The van der Waals surface area contributed by atoms with Crippen molar-refractivity contribution in [2.75, 3.05) is 6.54 Å². The van der Waals surface area contributed by atoms with Crippen LogP contribution < -0.4 is 5.32 Å². The van der Waals surface area contributed by atoms with Gasteiger partial charge in [-0.2, -0.15) is 13.2 Å². The highest BCUT2D eigenvalue weighted by Gasteiger charge is 2.26. The highest BCUT2D eigenvalue weighted by Crippen LogP contribution is 2.12. The number of carboxylic acids is 1. The molecule has 1 rings (SSSR count). The molecule has 0 aromatic carbocycles. The number of halogens is 3. The molecule has 0 fully saturated rings. The zero-order chi connectivity index (χ0) is 12.2. The summed E-state index contributed by atoms with van der Waals surface area (Å²) >= 11 is 0. The van der Waals surface area contributed by atoms with Gasteiger partial charge in [-0.3, -0.25) is 0 Å². The van der Waals surface area contributed by atoms with Crippen molar-refractivity contribution < 1.29 is 23.1 Å². The van der Waals surface area contributed by atoms with E-state index in [1.54, 1.807) is 0 Å². The SMILES string of the molecule is O=C(O)c1cccc(CNCC(F)(F)F)n1. The molecule has 0 atom stereocenters. The van der Waals surface area contributed by atoms with Crippen LogP contribution in [-0.2, 0) is 6.54 Å². The number of carbonyl (C=O) groups is 1. The molecule has 4 nitrogen and oxygen atoms in total. The van der Waals surface area contributed by atoms with Gasteiger partial charge in [-0.15, -0.1) is 0 Å². The second kappa shape index (κ2) is 4.93. The minimum atomic E-state index is -4.29. The van der Waals surface area contributed by atoms with E-state index in [-0.39, 0.29) is 17.9 Å². The van der Waals surface area contributed by atoms with Crippen molar-refractivity contribution in [3.05, 3.63) is 29.6 Å². The molecule has 0 aliphatic rings. The first-order valence-electron chi connectivity index (χ1n) is 4.35. The number of nitrogens with zero attached hydrogens (tertiary/aromatic N) is 1. The van der Waals surface area contributed by atoms with Gasteiger partial charge in [-0.05, 0) is 12.1 Å². The van der Waals surface area contributed by atoms with Gasteiger partial charge in [0, 0.05) is 6.54 Å². The average Bonchev–Trinajstić information content (AvgIpc) is 2.16. The van der Waals surface area contributed by atoms with Crippen LogP contribution in [0, 0.1) is 0 Å². The quantitative estimate of drug-likeness (QED) is 0.827. The molecule has 1 heterocycles. The highest BCUT2D eigenvalue weighted by molar-refractivity contribution is 5.85. The Morgan fingerprint density at radius 2 is 2.12 bits per heavy atom. The van der Waals surface area contributed by atoms with Crippen molar-refractivity contribution in [3.8, 4) is 0 Å². The van der Waals surface area contributed by atoms with Crippen molar-refractivity contribution in [2.45, 2.75) is 12.7 Å². The van der Waals surface area contributed by atoms with Gasteiger partial charge in [-0.1, -0.05) is 6.07 Å². The summed E-state index contributed by atoms with van der Waals surface area (Å²) in [4.78, 5) is 14.2. The van der Waals surface area contributed by atoms with Crippen LogP contribution in [0.1, 0.15) is 16.2 Å². The lowest BCUT2D eigenvalue weighted by molar-refractivity contribution is -0.125. The third-order valence-corrected chi connectivity index (χ3v) is 1.66. The van der Waals surface area contributed by atoms with Crippen LogP contribution in [0.4, 0.5) is 13.2 Å². The van der Waals surface area contributed by atoms with Gasteiger partial charge < -0.3 is 10.4 Å². The van der Waals surface area contributed by atoms with Crippen molar-refractivity contribution in [3.63, 3.8) is 0 Å². The molecule has 0 bridgehead atoms. The summed E-state index contributed by atoms with van der Waals surface area (Å²) in [5.41, 5.74) is 0.0652. The number of pyridine rings is 1. The molecule has 0 aliphatic heterocycles. The zero-order valence-corrected chi connectivity index (χ0v) is 8.08. The first-order valence-corrected chi connectivity index (χ1v) is 4.35. The molecule has 0 saturated carbocycles. The monoisotopic (exact) mass is 234 g/mol. The van der Waals surface area contributed by atoms with E-state index in [1.807, 2.05) is 0 Å². The lowest BCUT2D eigenvalue weighted by Gasteiger charge is -2.07. The van der Waals surface area contributed by atoms with E-state index < -0.39 is 18.7 Å². The van der Waals surface area contributed by atoms with Crippen LogP contribution in [0.5, 0.6) is 0 Å². The lowest BCUT2D eigenvalue weighted by atomic mass is 10.3. The van der Waals surface area contributed by atoms with Gasteiger partial charge in [0.25, 0.3) is 0 Å². The Kier molecular flexibility index (Phi) is 3.83. The number of aromatic carboxylic acids is 1. The van der Waals surface area contributed by atoms with Crippen LogP contribution in [0.15, 0.2) is 18.2 Å². The average molecular weight is 234 g/mol. The lowest BCUT2D eigenvalue weighted by Crippen LogP contribution is -2.28. The fraction of sp³-hybridized carbons (Fsp3) is 0.333. The number of carboxylic acid groups (broad SMARTS) is 1. The van der Waals surface area contributed by atoms with Gasteiger partial charge in [0.2, 0.25) is 0 Å². The van der Waals surface area contributed by atoms with Gasteiger partial charge in [-0.25, -0.2) is 9.78 Å². The Labute approximate surface area is 89.1 Å². The van der Waals surface area contributed by atoms with E-state index in [1.165, 1.54) is 18.2 Å². The molecule has 0 saturated heterocycles. The summed E-state index contributed by atoms with van der Waals surface area (Å²) in [6, 6.07) is 4.16. The number of nitrogens with one attached hydrogen (secondary N) is 1. The topological polar surface area (TPSA) is 62.2 Å². The van der Waals surface area contributed by atoms with Gasteiger partial charge >= 0.3 is 12.1 Å². The molecule has 0 radical (unpaired) electrons. The molecule has 0 spiro atoms. The van der Waals surface area contributed by atoms with Gasteiger partial charge in [0.05, 0.1) is 12.2 Å². The number of alkyl halides is 3. The van der Waals surface area contributed by atoms with E-state index in [4.69, 9.17) is 5.11 Å². The maximum atomic E-state index is 11.8. The van der Waals surface area contributed by atoms with Crippen LogP contribution >= 0.6 is 0 Å². The van der Waals surface area contributed by atoms with E-state index in [9.17, 15) is 18.0 Å². The molecule has 1 aromatic heterocycles. The fourth-order valence-corrected chi connectivity index (χ4v) is 1.03. The van der Waals surface area contributed by atoms with E-state index >= 15 is 0 Å².